The number of carbonyl (C=O) groups excluding carboxylic acids is 1. The molecule has 1 heterocycles. The molecule has 0 aliphatic carbocycles. The second kappa shape index (κ2) is 3.75. The van der Waals surface area contributed by atoms with Gasteiger partial charge in [0.2, 0.25) is 0 Å². The highest BCUT2D eigenvalue weighted by Crippen LogP contribution is 2.09. The van der Waals surface area contributed by atoms with Crippen LogP contribution in [0.5, 0.6) is 0 Å². The van der Waals surface area contributed by atoms with Crippen LogP contribution in [0.25, 0.3) is 0 Å². The summed E-state index contributed by atoms with van der Waals surface area (Å²) < 4.78 is 5.13. The molecular formula is C8H11N3O2. The molecule has 5 nitrogen and oxygen atoms in total. The molecule has 1 aromatic heterocycles. The minimum absolute atomic E-state index is 0.158. The van der Waals surface area contributed by atoms with Crippen molar-refractivity contribution in [1.29, 1.82) is 0 Å². The van der Waals surface area contributed by atoms with E-state index < -0.39 is 5.91 Å². The van der Waals surface area contributed by atoms with Gasteiger partial charge in [0.05, 0.1) is 0 Å². The maximum atomic E-state index is 11.1. The zero-order valence-electron chi connectivity index (χ0n) is 7.28. The number of rotatable bonds is 2. The Morgan fingerprint density at radius 3 is 2.69 bits per heavy atom. The van der Waals surface area contributed by atoms with Gasteiger partial charge >= 0.3 is 5.91 Å². The van der Waals surface area contributed by atoms with Crippen LogP contribution in [0, 0.1) is 0 Å². The molecule has 1 rings (SSSR count). The minimum atomic E-state index is -0.556. The van der Waals surface area contributed by atoms with Crippen molar-refractivity contribution in [3.63, 3.8) is 0 Å². The van der Waals surface area contributed by atoms with Crippen molar-refractivity contribution in [2.24, 2.45) is 16.5 Å². The van der Waals surface area contributed by atoms with E-state index in [0.29, 0.717) is 0 Å². The fraction of sp³-hybridized carbons (Fsp3) is 0.250. The smallest absolute Gasteiger partial charge is 0.315 e. The molecule has 0 aliphatic heterocycles. The third-order valence-corrected chi connectivity index (χ3v) is 1.45. The molecule has 0 unspecified atom stereocenters. The Labute approximate surface area is 75.4 Å². The molecule has 0 spiro atoms. The van der Waals surface area contributed by atoms with Crippen LogP contribution in [-0.2, 0) is 6.42 Å². The number of furan rings is 1. The molecule has 4 N–H and O–H groups in total. The maximum Gasteiger partial charge on any atom is 0.315 e. The predicted octanol–water partition coefficient (Wildman–Crippen LogP) is 0.256. The van der Waals surface area contributed by atoms with Crippen LogP contribution in [0.1, 0.15) is 23.2 Å². The number of hydrogen-bond donors (Lipinski definition) is 2. The average molecular weight is 181 g/mol. The molecule has 1 aromatic rings. The summed E-state index contributed by atoms with van der Waals surface area (Å²) in [5, 5.41) is 0. The zero-order valence-corrected chi connectivity index (χ0v) is 7.28. The Morgan fingerprint density at radius 2 is 2.23 bits per heavy atom. The quantitative estimate of drug-likeness (QED) is 0.505. The Bertz CT molecular complexity index is 337. The first kappa shape index (κ1) is 9.31. The van der Waals surface area contributed by atoms with E-state index in [-0.39, 0.29) is 11.7 Å². The number of aliphatic imine (C=N–C) groups is 1. The Hall–Kier alpha value is -1.78. The van der Waals surface area contributed by atoms with Crippen molar-refractivity contribution in [2.75, 3.05) is 0 Å². The van der Waals surface area contributed by atoms with Crippen molar-refractivity contribution < 1.29 is 9.21 Å². The van der Waals surface area contributed by atoms with Crippen LogP contribution in [0.3, 0.4) is 0 Å². The van der Waals surface area contributed by atoms with E-state index in [4.69, 9.17) is 15.9 Å². The van der Waals surface area contributed by atoms with Gasteiger partial charge in [0, 0.05) is 6.42 Å². The molecule has 0 radical (unpaired) electrons. The highest BCUT2D eigenvalue weighted by atomic mass is 16.3. The van der Waals surface area contributed by atoms with Gasteiger partial charge in [-0.15, -0.1) is 0 Å². The number of guanidine groups is 1. The number of carbonyl (C=O) groups is 1. The summed E-state index contributed by atoms with van der Waals surface area (Å²) in [5.74, 6) is 0.0681. The standard InChI is InChI=1S/C8H11N3O2/c1-2-5-3-4-6(13-5)7(12)11-8(9)10/h3-4H,2H2,1H3,(H4,9,10,11,12). The maximum absolute atomic E-state index is 11.1. The van der Waals surface area contributed by atoms with Gasteiger partial charge in [0.15, 0.2) is 11.7 Å². The topological polar surface area (TPSA) is 94.6 Å². The summed E-state index contributed by atoms with van der Waals surface area (Å²) in [6.45, 7) is 1.92. The second-order valence-corrected chi connectivity index (χ2v) is 2.46. The molecule has 0 bridgehead atoms. The average Bonchev–Trinajstić information content (AvgIpc) is 2.50. The molecule has 13 heavy (non-hydrogen) atoms. The number of nitrogens with two attached hydrogens (primary N) is 2. The lowest BCUT2D eigenvalue weighted by Gasteiger charge is -1.90. The lowest BCUT2D eigenvalue weighted by molar-refractivity contribution is 0.0975. The van der Waals surface area contributed by atoms with Crippen LogP contribution in [0.4, 0.5) is 0 Å². The highest BCUT2D eigenvalue weighted by Gasteiger charge is 2.09. The van der Waals surface area contributed by atoms with E-state index in [0.717, 1.165) is 12.2 Å². The van der Waals surface area contributed by atoms with Gasteiger partial charge < -0.3 is 15.9 Å². The lowest BCUT2D eigenvalue weighted by Crippen LogP contribution is -2.24. The summed E-state index contributed by atoms with van der Waals surface area (Å²) in [6.07, 6.45) is 0.731. The molecular weight excluding hydrogens is 170 g/mol. The van der Waals surface area contributed by atoms with Crippen molar-refractivity contribution >= 4 is 11.9 Å². The zero-order chi connectivity index (χ0) is 9.84. The first-order chi connectivity index (χ1) is 6.13. The van der Waals surface area contributed by atoms with Crippen LogP contribution in [0.2, 0.25) is 0 Å². The van der Waals surface area contributed by atoms with Gasteiger partial charge in [-0.25, -0.2) is 0 Å². The van der Waals surface area contributed by atoms with E-state index in [1.807, 2.05) is 6.92 Å². The van der Waals surface area contributed by atoms with Crippen LogP contribution >= 0.6 is 0 Å². The van der Waals surface area contributed by atoms with Gasteiger partial charge in [-0.05, 0) is 12.1 Å². The third-order valence-electron chi connectivity index (χ3n) is 1.45. The third kappa shape index (κ3) is 2.33. The summed E-state index contributed by atoms with van der Waals surface area (Å²) in [5.41, 5.74) is 10.1. The number of amides is 1. The van der Waals surface area contributed by atoms with Gasteiger partial charge in [-0.2, -0.15) is 4.99 Å². The van der Waals surface area contributed by atoms with Crippen molar-refractivity contribution in [3.8, 4) is 0 Å². The van der Waals surface area contributed by atoms with Crippen LogP contribution in [-0.4, -0.2) is 11.9 Å². The molecule has 0 fully saturated rings. The van der Waals surface area contributed by atoms with Gasteiger partial charge in [0.1, 0.15) is 5.76 Å². The molecule has 0 aliphatic rings. The SMILES string of the molecule is CCc1ccc(C(=O)N=C(N)N)o1. The largest absolute Gasteiger partial charge is 0.456 e. The summed E-state index contributed by atoms with van der Waals surface area (Å²) in [6, 6.07) is 3.27. The van der Waals surface area contributed by atoms with Gasteiger partial charge in [0.25, 0.3) is 0 Å². The van der Waals surface area contributed by atoms with Crippen molar-refractivity contribution in [2.45, 2.75) is 13.3 Å². The number of aryl methyl sites for hydroxylation is 1. The van der Waals surface area contributed by atoms with Crippen LogP contribution < -0.4 is 11.5 Å². The fourth-order valence-electron chi connectivity index (χ4n) is 0.855. The first-order valence-electron chi connectivity index (χ1n) is 3.86. The summed E-state index contributed by atoms with van der Waals surface area (Å²) in [4.78, 5) is 14.5. The molecule has 1 amide bonds. The van der Waals surface area contributed by atoms with Gasteiger partial charge in [-0.3, -0.25) is 4.79 Å². The molecule has 70 valence electrons. The van der Waals surface area contributed by atoms with Gasteiger partial charge in [-0.1, -0.05) is 6.92 Å². The molecule has 0 aromatic carbocycles. The fourth-order valence-corrected chi connectivity index (χ4v) is 0.855. The monoisotopic (exact) mass is 181 g/mol. The second-order valence-electron chi connectivity index (χ2n) is 2.46. The number of nitrogens with zero attached hydrogens (tertiary/aromatic N) is 1. The Kier molecular flexibility index (Phi) is 2.69. The van der Waals surface area contributed by atoms with Crippen LogP contribution in [0.15, 0.2) is 21.5 Å². The van der Waals surface area contributed by atoms with E-state index in [1.54, 1.807) is 12.1 Å². The van der Waals surface area contributed by atoms with E-state index in [1.165, 1.54) is 0 Å². The molecule has 0 atom stereocenters. The number of hydrogen-bond acceptors (Lipinski definition) is 2. The molecule has 0 saturated heterocycles. The molecule has 0 saturated carbocycles. The predicted molar refractivity (Wildman–Crippen MR) is 48.2 cm³/mol. The Morgan fingerprint density at radius 1 is 1.54 bits per heavy atom. The van der Waals surface area contributed by atoms with E-state index >= 15 is 0 Å². The summed E-state index contributed by atoms with van der Waals surface area (Å²) >= 11 is 0. The van der Waals surface area contributed by atoms with E-state index in [9.17, 15) is 4.79 Å². The summed E-state index contributed by atoms with van der Waals surface area (Å²) in [7, 11) is 0. The van der Waals surface area contributed by atoms with E-state index in [2.05, 4.69) is 4.99 Å². The van der Waals surface area contributed by atoms with Crippen molar-refractivity contribution in [3.05, 3.63) is 23.7 Å². The van der Waals surface area contributed by atoms with Crippen molar-refractivity contribution in [1.82, 2.24) is 0 Å². The normalized spacial score (nSPS) is 9.62. The highest BCUT2D eigenvalue weighted by molar-refractivity contribution is 6.00. The molecule has 5 heteroatoms. The first-order valence-corrected chi connectivity index (χ1v) is 3.86. The Balaban J connectivity index is 2.83. The lowest BCUT2D eigenvalue weighted by atomic mass is 10.3. The minimum Gasteiger partial charge on any atom is -0.456 e.